The predicted octanol–water partition coefficient (Wildman–Crippen LogP) is 4.40. The van der Waals surface area contributed by atoms with Gasteiger partial charge in [-0.05, 0) is 71.2 Å². The van der Waals surface area contributed by atoms with Crippen LogP contribution >= 0.6 is 0 Å². The van der Waals surface area contributed by atoms with Gasteiger partial charge in [-0.15, -0.1) is 0 Å². The van der Waals surface area contributed by atoms with Crippen molar-refractivity contribution in [3.63, 3.8) is 0 Å². The highest BCUT2D eigenvalue weighted by Gasteiger charge is 2.42. The van der Waals surface area contributed by atoms with E-state index in [0.717, 1.165) is 38.5 Å². The first-order valence-electron chi connectivity index (χ1n) is 15.5. The number of amides is 4. The average molecular weight is 604 g/mol. The minimum Gasteiger partial charge on any atom is -0.444 e. The first-order valence-corrected chi connectivity index (χ1v) is 15.5. The second-order valence-electron chi connectivity index (χ2n) is 13.3. The number of hydrogen-bond acceptors (Lipinski definition) is 6. The molecular weight excluding hydrogens is 553 g/mol. The van der Waals surface area contributed by atoms with Gasteiger partial charge in [-0.2, -0.15) is 0 Å². The van der Waals surface area contributed by atoms with Gasteiger partial charge in [0.15, 0.2) is 0 Å². The summed E-state index contributed by atoms with van der Waals surface area (Å²) in [5.74, 6) is -2.40. The Labute approximate surface area is 255 Å². The van der Waals surface area contributed by atoms with Crippen molar-refractivity contribution in [3.8, 4) is 0 Å². The first kappa shape index (κ1) is 34.3. The van der Waals surface area contributed by atoms with E-state index in [4.69, 9.17) is 4.74 Å². The Morgan fingerprint density at radius 1 is 0.977 bits per heavy atom. The Bertz CT molecular complexity index is 1160. The predicted molar refractivity (Wildman–Crippen MR) is 164 cm³/mol. The maximum atomic E-state index is 15.6. The molecule has 0 aromatic heterocycles. The van der Waals surface area contributed by atoms with Gasteiger partial charge in [0.2, 0.25) is 17.7 Å². The molecule has 2 aliphatic rings. The Morgan fingerprint density at radius 3 is 2.12 bits per heavy atom. The molecule has 240 valence electrons. The molecule has 11 heteroatoms. The summed E-state index contributed by atoms with van der Waals surface area (Å²) in [7, 11) is 1.99. The van der Waals surface area contributed by atoms with Crippen LogP contribution in [0.3, 0.4) is 0 Å². The van der Waals surface area contributed by atoms with Crippen LogP contribution < -0.4 is 16.0 Å². The Morgan fingerprint density at radius 2 is 1.58 bits per heavy atom. The third-order valence-electron chi connectivity index (χ3n) is 8.60. The second-order valence-corrected chi connectivity index (χ2v) is 13.3. The largest absolute Gasteiger partial charge is 0.444 e. The normalized spacial score (nSPS) is 19.8. The van der Waals surface area contributed by atoms with Crippen molar-refractivity contribution in [2.75, 3.05) is 38.5 Å². The minimum atomic E-state index is -1.19. The monoisotopic (exact) mass is 603 g/mol. The molecule has 0 spiro atoms. The molecule has 1 aliphatic heterocycles. The number of halogens is 1. The molecule has 2 fully saturated rings. The van der Waals surface area contributed by atoms with Gasteiger partial charge in [0.05, 0.1) is 5.69 Å². The molecule has 1 aliphatic carbocycles. The van der Waals surface area contributed by atoms with Gasteiger partial charge in [0, 0.05) is 39.0 Å². The lowest BCUT2D eigenvalue weighted by Gasteiger charge is -2.37. The van der Waals surface area contributed by atoms with Crippen LogP contribution in [0, 0.1) is 11.7 Å². The molecule has 3 rings (SSSR count). The van der Waals surface area contributed by atoms with Crippen molar-refractivity contribution >= 4 is 29.5 Å². The van der Waals surface area contributed by atoms with Crippen molar-refractivity contribution in [3.05, 3.63) is 29.6 Å². The maximum Gasteiger partial charge on any atom is 0.408 e. The number of nitrogens with zero attached hydrogens (tertiary/aromatic N) is 2. The lowest BCUT2D eigenvalue weighted by molar-refractivity contribution is -0.135. The Hall–Kier alpha value is -3.21. The van der Waals surface area contributed by atoms with Crippen LogP contribution in [0.25, 0.3) is 0 Å². The Kier molecular flexibility index (Phi) is 11.6. The van der Waals surface area contributed by atoms with E-state index in [1.807, 2.05) is 7.05 Å². The molecule has 1 saturated carbocycles. The molecule has 1 saturated heterocycles. The molecule has 0 unspecified atom stereocenters. The molecule has 3 atom stereocenters. The fourth-order valence-electron chi connectivity index (χ4n) is 5.99. The van der Waals surface area contributed by atoms with E-state index in [9.17, 15) is 19.2 Å². The summed E-state index contributed by atoms with van der Waals surface area (Å²) in [4.78, 5) is 55.9. The van der Waals surface area contributed by atoms with Crippen LogP contribution in [0.15, 0.2) is 18.2 Å². The minimum absolute atomic E-state index is 0.0202. The highest BCUT2D eigenvalue weighted by molar-refractivity contribution is 6.00. The first-order chi connectivity index (χ1) is 20.1. The van der Waals surface area contributed by atoms with Crippen molar-refractivity contribution < 1.29 is 28.3 Å². The summed E-state index contributed by atoms with van der Waals surface area (Å²) >= 11 is 0. The van der Waals surface area contributed by atoms with Crippen LogP contribution in [-0.4, -0.2) is 84.0 Å². The number of rotatable bonds is 8. The highest BCUT2D eigenvalue weighted by atomic mass is 19.1. The molecule has 1 aromatic carbocycles. The molecule has 10 nitrogen and oxygen atoms in total. The molecule has 4 amide bonds. The lowest BCUT2D eigenvalue weighted by atomic mass is 9.79. The quantitative estimate of drug-likeness (QED) is 0.379. The number of ether oxygens (including phenoxy) is 1. The fourth-order valence-corrected chi connectivity index (χ4v) is 5.99. The number of likely N-dealkylation sites (N-methyl/N-ethyl adjacent to an activating group) is 1. The van der Waals surface area contributed by atoms with Crippen LogP contribution in [0.5, 0.6) is 0 Å². The molecule has 3 N–H and O–H groups in total. The van der Waals surface area contributed by atoms with E-state index < -0.39 is 40.9 Å². The van der Waals surface area contributed by atoms with Crippen LogP contribution in [0.1, 0.15) is 91.5 Å². The van der Waals surface area contributed by atoms with Crippen molar-refractivity contribution in [2.24, 2.45) is 5.92 Å². The number of alkyl carbamates (subject to hydrolysis) is 1. The molecule has 43 heavy (non-hydrogen) atoms. The van der Waals surface area contributed by atoms with Crippen LogP contribution in [-0.2, 0) is 19.1 Å². The molecule has 1 heterocycles. The summed E-state index contributed by atoms with van der Waals surface area (Å²) in [6, 6.07) is 3.40. The maximum absolute atomic E-state index is 15.6. The van der Waals surface area contributed by atoms with Gasteiger partial charge in [-0.1, -0.05) is 38.7 Å². The summed E-state index contributed by atoms with van der Waals surface area (Å²) in [5, 5.41) is 8.28. The van der Waals surface area contributed by atoms with E-state index in [0.29, 0.717) is 31.7 Å². The van der Waals surface area contributed by atoms with Crippen LogP contribution in [0.2, 0.25) is 0 Å². The highest BCUT2D eigenvalue weighted by Crippen LogP contribution is 2.33. The van der Waals surface area contributed by atoms with E-state index in [1.54, 1.807) is 45.6 Å². The van der Waals surface area contributed by atoms with Crippen molar-refractivity contribution in [1.82, 2.24) is 20.4 Å². The fraction of sp³-hybridized carbons (Fsp3) is 0.688. The molecule has 0 bridgehead atoms. The lowest BCUT2D eigenvalue weighted by Crippen LogP contribution is -2.59. The zero-order chi connectivity index (χ0) is 31.9. The van der Waals surface area contributed by atoms with Gasteiger partial charge in [0.1, 0.15) is 23.0 Å². The zero-order valence-electron chi connectivity index (χ0n) is 26.8. The average Bonchev–Trinajstić information content (AvgIpc) is 3.21. The van der Waals surface area contributed by atoms with Crippen molar-refractivity contribution in [2.45, 2.75) is 103 Å². The molecular formula is C32H50FN5O5. The smallest absolute Gasteiger partial charge is 0.408 e. The van der Waals surface area contributed by atoms with Crippen LogP contribution in [0.4, 0.5) is 14.9 Å². The third kappa shape index (κ3) is 9.39. The number of piperazine rings is 1. The Balaban J connectivity index is 1.83. The van der Waals surface area contributed by atoms with E-state index in [-0.39, 0.29) is 23.4 Å². The molecule has 1 aromatic rings. The number of benzene rings is 1. The third-order valence-corrected chi connectivity index (χ3v) is 8.60. The van der Waals surface area contributed by atoms with Gasteiger partial charge in [-0.25, -0.2) is 9.18 Å². The number of nitrogens with one attached hydrogen (secondary N) is 3. The summed E-state index contributed by atoms with van der Waals surface area (Å²) < 4.78 is 21.0. The topological polar surface area (TPSA) is 120 Å². The van der Waals surface area contributed by atoms with Crippen molar-refractivity contribution in [1.29, 1.82) is 0 Å². The summed E-state index contributed by atoms with van der Waals surface area (Å²) in [5.41, 5.74) is -1.49. The SMILES string of the molecule is CC(=O)N[C@@](C)(C(=O)Nc1ccc([C@H](C)[C@@H](NC(=O)OC(C)(C)C)C(=O)N2CCN(C)CC2)cc1F)C1CCCCCC1. The van der Waals surface area contributed by atoms with Gasteiger partial charge >= 0.3 is 6.09 Å². The van der Waals surface area contributed by atoms with Gasteiger partial charge < -0.3 is 30.5 Å². The number of carbonyl (C=O) groups excluding carboxylic acids is 4. The number of hydrogen-bond donors (Lipinski definition) is 3. The van der Waals surface area contributed by atoms with Gasteiger partial charge in [-0.3, -0.25) is 14.4 Å². The number of anilines is 1. The van der Waals surface area contributed by atoms with E-state index in [2.05, 4.69) is 20.9 Å². The second kappa shape index (κ2) is 14.5. The van der Waals surface area contributed by atoms with E-state index in [1.165, 1.54) is 19.1 Å². The standard InChI is InChI=1S/C32H50FN5O5/c1-21(27(35-30(42)43-31(3,4)5)28(40)38-18-16-37(7)17-19-38)23-14-15-26(25(33)20-23)34-29(41)32(6,36-22(2)39)24-12-10-8-9-11-13-24/h14-15,20-21,24,27H,8-13,16-19H2,1-7H3,(H,34,41)(H,35,42)(H,36,39)/t21-,27+,32+/m0/s1. The summed E-state index contributed by atoms with van der Waals surface area (Å²) in [6.45, 7) is 12.5. The zero-order valence-corrected chi connectivity index (χ0v) is 26.8. The number of carbonyl (C=O) groups is 4. The van der Waals surface area contributed by atoms with E-state index >= 15 is 4.39 Å². The summed E-state index contributed by atoms with van der Waals surface area (Å²) in [6.07, 6.45) is 4.99. The van der Waals surface area contributed by atoms with Gasteiger partial charge in [0.25, 0.3) is 0 Å². The molecule has 0 radical (unpaired) electrons.